The van der Waals surface area contributed by atoms with Crippen molar-refractivity contribution in [1.82, 2.24) is 15.5 Å². The first kappa shape index (κ1) is 22.7. The molecule has 3 N–H and O–H groups in total. The molecule has 1 amide bonds. The maximum absolute atomic E-state index is 11.7. The van der Waals surface area contributed by atoms with Crippen LogP contribution in [0.25, 0.3) is 0 Å². The highest BCUT2D eigenvalue weighted by Crippen LogP contribution is 2.36. The average molecular weight is 521 g/mol. The Balaban J connectivity index is 0.00000280. The van der Waals surface area contributed by atoms with Crippen LogP contribution in [0.5, 0.6) is 0 Å². The molecule has 2 fully saturated rings. The zero-order valence-electron chi connectivity index (χ0n) is 16.2. The van der Waals surface area contributed by atoms with Gasteiger partial charge in [-0.3, -0.25) is 14.5 Å². The second-order valence-electron chi connectivity index (χ2n) is 7.45. The number of halogens is 1. The zero-order valence-corrected chi connectivity index (χ0v) is 19.3. The number of guanidine groups is 1. The van der Waals surface area contributed by atoms with Gasteiger partial charge in [0.2, 0.25) is 15.9 Å². The molecular formula is C18H28IN5O3S. The van der Waals surface area contributed by atoms with E-state index in [1.807, 2.05) is 12.1 Å². The molecule has 28 heavy (non-hydrogen) atoms. The van der Waals surface area contributed by atoms with E-state index in [2.05, 4.69) is 25.2 Å². The number of nitrogens with zero attached hydrogens (tertiary/aromatic N) is 2. The third-order valence-electron chi connectivity index (χ3n) is 5.05. The molecule has 0 aromatic heterocycles. The molecule has 2 heterocycles. The number of amides is 1. The fourth-order valence-corrected chi connectivity index (χ4v) is 4.46. The summed E-state index contributed by atoms with van der Waals surface area (Å²) in [6.45, 7) is 2.98. The van der Waals surface area contributed by atoms with Crippen molar-refractivity contribution in [3.05, 3.63) is 29.8 Å². The standard InChI is InChI=1S/C18H27N5O3S.HI/c1-19-17(23-8-4-7-18(13-23)10-16(24)21-12-18)20-11-14-5-3-6-15(9-14)22-27(2,25)26;/h3,5-6,9,22H,4,7-8,10-13H2,1-2H3,(H,19,20)(H,21,24);1H. The lowest BCUT2D eigenvalue weighted by Gasteiger charge is -2.40. The summed E-state index contributed by atoms with van der Waals surface area (Å²) in [5, 5.41) is 6.31. The Kier molecular flexibility index (Phi) is 7.54. The van der Waals surface area contributed by atoms with Crippen LogP contribution in [0.2, 0.25) is 0 Å². The van der Waals surface area contributed by atoms with Crippen molar-refractivity contribution in [1.29, 1.82) is 0 Å². The van der Waals surface area contributed by atoms with Crippen LogP contribution in [-0.2, 0) is 21.4 Å². The summed E-state index contributed by atoms with van der Waals surface area (Å²) in [5.41, 5.74) is 1.50. The van der Waals surface area contributed by atoms with Gasteiger partial charge in [0.1, 0.15) is 0 Å². The van der Waals surface area contributed by atoms with Crippen LogP contribution in [-0.4, -0.2) is 58.1 Å². The second kappa shape index (κ2) is 9.29. The highest BCUT2D eigenvalue weighted by molar-refractivity contribution is 14.0. The number of nitrogens with one attached hydrogen (secondary N) is 3. The predicted octanol–water partition coefficient (Wildman–Crippen LogP) is 1.35. The Labute approximate surface area is 183 Å². The molecule has 1 atom stereocenters. The van der Waals surface area contributed by atoms with Crippen molar-refractivity contribution >= 4 is 51.6 Å². The third-order valence-corrected chi connectivity index (χ3v) is 5.66. The quantitative estimate of drug-likeness (QED) is 0.316. The van der Waals surface area contributed by atoms with Gasteiger partial charge in [-0.15, -0.1) is 24.0 Å². The van der Waals surface area contributed by atoms with Crippen molar-refractivity contribution < 1.29 is 13.2 Å². The smallest absolute Gasteiger partial charge is 0.229 e. The first-order valence-corrected chi connectivity index (χ1v) is 11.0. The van der Waals surface area contributed by atoms with Crippen LogP contribution >= 0.6 is 24.0 Å². The largest absolute Gasteiger partial charge is 0.355 e. The fourth-order valence-electron chi connectivity index (χ4n) is 3.90. The topological polar surface area (TPSA) is 103 Å². The van der Waals surface area contributed by atoms with Gasteiger partial charge < -0.3 is 15.5 Å². The first-order valence-electron chi connectivity index (χ1n) is 9.08. The SMILES string of the molecule is CN=C(NCc1cccc(NS(C)(=O)=O)c1)N1CCCC2(CNC(=O)C2)C1.I. The van der Waals surface area contributed by atoms with Crippen LogP contribution < -0.4 is 15.4 Å². The number of rotatable bonds is 4. The predicted molar refractivity (Wildman–Crippen MR) is 121 cm³/mol. The molecule has 8 nitrogen and oxygen atoms in total. The van der Waals surface area contributed by atoms with Crippen molar-refractivity contribution in [3.63, 3.8) is 0 Å². The Morgan fingerprint density at radius 1 is 1.39 bits per heavy atom. The number of carbonyl (C=O) groups excluding carboxylic acids is 1. The van der Waals surface area contributed by atoms with Gasteiger partial charge in [-0.2, -0.15) is 0 Å². The zero-order chi connectivity index (χ0) is 19.5. The van der Waals surface area contributed by atoms with Gasteiger partial charge in [-0.1, -0.05) is 12.1 Å². The van der Waals surface area contributed by atoms with E-state index in [1.54, 1.807) is 19.2 Å². The van der Waals surface area contributed by atoms with Gasteiger partial charge in [-0.05, 0) is 30.5 Å². The van der Waals surface area contributed by atoms with Crippen LogP contribution in [0.4, 0.5) is 5.69 Å². The molecule has 1 spiro atoms. The van der Waals surface area contributed by atoms with E-state index < -0.39 is 10.0 Å². The van der Waals surface area contributed by atoms with Gasteiger partial charge >= 0.3 is 0 Å². The summed E-state index contributed by atoms with van der Waals surface area (Å²) in [7, 11) is -1.55. The number of benzene rings is 1. The Morgan fingerprint density at radius 2 is 2.18 bits per heavy atom. The van der Waals surface area contributed by atoms with Crippen LogP contribution in [0, 0.1) is 5.41 Å². The molecule has 1 aromatic rings. The normalized spacial score (nSPS) is 22.6. The van der Waals surface area contributed by atoms with Gasteiger partial charge in [-0.25, -0.2) is 8.42 Å². The summed E-state index contributed by atoms with van der Waals surface area (Å²) >= 11 is 0. The Hall–Kier alpha value is -1.56. The van der Waals surface area contributed by atoms with Gasteiger partial charge in [0.15, 0.2) is 5.96 Å². The monoisotopic (exact) mass is 521 g/mol. The lowest BCUT2D eigenvalue weighted by Crippen LogP contribution is -2.51. The lowest BCUT2D eigenvalue weighted by atomic mass is 9.79. The van der Waals surface area contributed by atoms with Gasteiger partial charge in [0.25, 0.3) is 0 Å². The van der Waals surface area contributed by atoms with Crippen LogP contribution in [0.15, 0.2) is 29.3 Å². The molecule has 156 valence electrons. The average Bonchev–Trinajstić information content (AvgIpc) is 2.94. The molecule has 0 aliphatic carbocycles. The number of likely N-dealkylation sites (tertiary alicyclic amines) is 1. The Bertz CT molecular complexity index is 845. The maximum Gasteiger partial charge on any atom is 0.229 e. The second-order valence-corrected chi connectivity index (χ2v) is 9.20. The number of hydrogen-bond donors (Lipinski definition) is 3. The van der Waals surface area contributed by atoms with E-state index in [-0.39, 0.29) is 35.3 Å². The van der Waals surface area contributed by atoms with Gasteiger partial charge in [0, 0.05) is 50.7 Å². The highest BCUT2D eigenvalue weighted by Gasteiger charge is 2.42. The molecule has 1 unspecified atom stereocenters. The molecule has 0 bridgehead atoms. The fraction of sp³-hybridized carbons (Fsp3) is 0.556. The minimum absolute atomic E-state index is 0. The molecule has 0 radical (unpaired) electrons. The molecule has 3 rings (SSSR count). The van der Waals surface area contributed by atoms with E-state index in [0.717, 1.165) is 50.3 Å². The summed E-state index contributed by atoms with van der Waals surface area (Å²) in [4.78, 5) is 18.3. The van der Waals surface area contributed by atoms with E-state index in [9.17, 15) is 13.2 Å². The molecule has 10 heteroatoms. The van der Waals surface area contributed by atoms with E-state index in [0.29, 0.717) is 18.7 Å². The molecule has 0 saturated carbocycles. The van der Waals surface area contributed by atoms with Crippen molar-refractivity contribution in [2.24, 2.45) is 10.4 Å². The number of sulfonamides is 1. The maximum atomic E-state index is 11.7. The van der Waals surface area contributed by atoms with Crippen molar-refractivity contribution in [3.8, 4) is 0 Å². The number of hydrogen-bond acceptors (Lipinski definition) is 4. The minimum Gasteiger partial charge on any atom is -0.355 e. The molecular weight excluding hydrogens is 493 g/mol. The molecule has 2 aliphatic heterocycles. The summed E-state index contributed by atoms with van der Waals surface area (Å²) in [6, 6.07) is 7.28. The van der Waals surface area contributed by atoms with Crippen molar-refractivity contribution in [2.45, 2.75) is 25.8 Å². The minimum atomic E-state index is -3.30. The first-order chi connectivity index (χ1) is 12.8. The van der Waals surface area contributed by atoms with E-state index in [1.165, 1.54) is 0 Å². The summed E-state index contributed by atoms with van der Waals surface area (Å²) in [5.74, 6) is 0.935. The third kappa shape index (κ3) is 5.97. The Morgan fingerprint density at radius 3 is 2.82 bits per heavy atom. The highest BCUT2D eigenvalue weighted by atomic mass is 127. The van der Waals surface area contributed by atoms with E-state index in [4.69, 9.17) is 0 Å². The summed E-state index contributed by atoms with van der Waals surface area (Å²) in [6.07, 6.45) is 3.80. The van der Waals surface area contributed by atoms with E-state index >= 15 is 0 Å². The number of aliphatic imine (C=N–C) groups is 1. The summed E-state index contributed by atoms with van der Waals surface area (Å²) < 4.78 is 25.3. The molecule has 2 aliphatic rings. The van der Waals surface area contributed by atoms with Crippen LogP contribution in [0.3, 0.4) is 0 Å². The van der Waals surface area contributed by atoms with Crippen LogP contribution in [0.1, 0.15) is 24.8 Å². The number of piperidine rings is 1. The van der Waals surface area contributed by atoms with Gasteiger partial charge in [0.05, 0.1) is 6.26 Å². The number of anilines is 1. The van der Waals surface area contributed by atoms with Crippen molar-refractivity contribution in [2.75, 3.05) is 37.7 Å². The molecule has 2 saturated heterocycles. The lowest BCUT2D eigenvalue weighted by molar-refractivity contribution is -0.119. The number of carbonyl (C=O) groups is 1. The molecule has 1 aromatic carbocycles.